The number of thioether (sulfide) groups is 1. The fraction of sp³-hybridized carbons (Fsp3) is 0.227. The van der Waals surface area contributed by atoms with Gasteiger partial charge < -0.3 is 14.8 Å². The van der Waals surface area contributed by atoms with Crippen molar-refractivity contribution < 1.29 is 9.59 Å². The molecular formula is C22H22N4O2S. The lowest BCUT2D eigenvalue weighted by atomic mass is 10.1. The molecule has 0 fully saturated rings. The van der Waals surface area contributed by atoms with Crippen molar-refractivity contribution in [3.05, 3.63) is 72.8 Å². The summed E-state index contributed by atoms with van der Waals surface area (Å²) in [5, 5.41) is 2.93. The number of fused-ring (bicyclic) bond motifs is 1. The molecule has 0 saturated carbocycles. The first-order valence-electron chi connectivity index (χ1n) is 9.57. The van der Waals surface area contributed by atoms with Crippen LogP contribution in [-0.4, -0.2) is 33.7 Å². The van der Waals surface area contributed by atoms with Crippen molar-refractivity contribution >= 4 is 29.3 Å². The van der Waals surface area contributed by atoms with Crippen molar-refractivity contribution in [3.8, 4) is 5.69 Å². The van der Waals surface area contributed by atoms with Crippen LogP contribution in [0.25, 0.3) is 5.69 Å². The molecule has 0 unspecified atom stereocenters. The Morgan fingerprint density at radius 3 is 2.66 bits per heavy atom. The van der Waals surface area contributed by atoms with E-state index in [4.69, 9.17) is 0 Å². The molecule has 0 saturated heterocycles. The number of benzene rings is 2. The van der Waals surface area contributed by atoms with Crippen molar-refractivity contribution in [2.45, 2.75) is 24.3 Å². The third kappa shape index (κ3) is 4.51. The fourth-order valence-corrected chi connectivity index (χ4v) is 4.37. The van der Waals surface area contributed by atoms with Crippen LogP contribution in [0.1, 0.15) is 18.4 Å². The van der Waals surface area contributed by atoms with E-state index in [0.717, 1.165) is 27.6 Å². The van der Waals surface area contributed by atoms with Gasteiger partial charge in [0.2, 0.25) is 11.8 Å². The molecule has 2 heterocycles. The monoisotopic (exact) mass is 406 g/mol. The zero-order chi connectivity index (χ0) is 20.1. The number of nitrogens with one attached hydrogen (secondary N) is 1. The molecule has 6 nitrogen and oxygen atoms in total. The van der Waals surface area contributed by atoms with Gasteiger partial charge in [-0.05, 0) is 23.8 Å². The van der Waals surface area contributed by atoms with Crippen LogP contribution in [0.4, 0.5) is 5.69 Å². The van der Waals surface area contributed by atoms with Crippen molar-refractivity contribution in [2.75, 3.05) is 17.2 Å². The van der Waals surface area contributed by atoms with Gasteiger partial charge in [-0.25, -0.2) is 4.98 Å². The topological polar surface area (TPSA) is 67.2 Å². The molecule has 148 valence electrons. The van der Waals surface area contributed by atoms with Gasteiger partial charge in [0.15, 0.2) is 0 Å². The zero-order valence-corrected chi connectivity index (χ0v) is 16.8. The highest BCUT2D eigenvalue weighted by Crippen LogP contribution is 2.34. The number of carbonyl (C=O) groups is 2. The van der Waals surface area contributed by atoms with Crippen LogP contribution < -0.4 is 10.2 Å². The standard InChI is InChI=1S/C22H22N4O2S/c27-21(24-15-17-5-1-2-6-18(17)25-12-11-23-16-25)9-10-22(28)26-13-14-29-20-8-4-3-7-19(20)26/h1-8,11-12,16H,9-10,13-15H2,(H,24,27). The predicted molar refractivity (Wildman–Crippen MR) is 114 cm³/mol. The van der Waals surface area contributed by atoms with Crippen molar-refractivity contribution in [1.29, 1.82) is 0 Å². The van der Waals surface area contributed by atoms with Gasteiger partial charge in [-0.1, -0.05) is 30.3 Å². The Labute approximate surface area is 173 Å². The lowest BCUT2D eigenvalue weighted by molar-refractivity contribution is -0.125. The van der Waals surface area contributed by atoms with Crippen molar-refractivity contribution in [1.82, 2.24) is 14.9 Å². The Bertz CT molecular complexity index is 1000. The molecule has 29 heavy (non-hydrogen) atoms. The van der Waals surface area contributed by atoms with Crippen LogP contribution in [-0.2, 0) is 16.1 Å². The third-order valence-electron chi connectivity index (χ3n) is 4.85. The van der Waals surface area contributed by atoms with Crippen LogP contribution in [0, 0.1) is 0 Å². The van der Waals surface area contributed by atoms with E-state index in [9.17, 15) is 9.59 Å². The van der Waals surface area contributed by atoms with Gasteiger partial charge in [0.1, 0.15) is 0 Å². The minimum atomic E-state index is -0.126. The van der Waals surface area contributed by atoms with Crippen molar-refractivity contribution in [2.24, 2.45) is 0 Å². The van der Waals surface area contributed by atoms with Crippen LogP contribution in [0.2, 0.25) is 0 Å². The SMILES string of the molecule is O=C(CCC(=O)N1CCSc2ccccc21)NCc1ccccc1-n1ccnc1. The second-order valence-corrected chi connectivity index (χ2v) is 7.87. The number of carbonyl (C=O) groups excluding carboxylic acids is 2. The number of imidazole rings is 1. The lowest BCUT2D eigenvalue weighted by Crippen LogP contribution is -2.36. The Kier molecular flexibility index (Phi) is 5.95. The number of para-hydroxylation sites is 2. The van der Waals surface area contributed by atoms with Gasteiger partial charge in [-0.2, -0.15) is 0 Å². The summed E-state index contributed by atoms with van der Waals surface area (Å²) >= 11 is 1.76. The van der Waals surface area contributed by atoms with Gasteiger partial charge in [0.25, 0.3) is 0 Å². The lowest BCUT2D eigenvalue weighted by Gasteiger charge is -2.29. The number of aromatic nitrogens is 2. The summed E-state index contributed by atoms with van der Waals surface area (Å²) in [6.45, 7) is 1.09. The summed E-state index contributed by atoms with van der Waals surface area (Å²) in [6.07, 6.45) is 5.70. The van der Waals surface area contributed by atoms with E-state index in [2.05, 4.69) is 10.3 Å². The quantitative estimate of drug-likeness (QED) is 0.681. The highest BCUT2D eigenvalue weighted by atomic mass is 32.2. The number of hydrogen-bond donors (Lipinski definition) is 1. The van der Waals surface area contributed by atoms with E-state index >= 15 is 0 Å². The molecule has 0 bridgehead atoms. The molecule has 0 radical (unpaired) electrons. The molecule has 1 aliphatic rings. The highest BCUT2D eigenvalue weighted by Gasteiger charge is 2.22. The fourth-order valence-electron chi connectivity index (χ4n) is 3.38. The summed E-state index contributed by atoms with van der Waals surface area (Å²) in [5.41, 5.74) is 2.92. The Hall–Kier alpha value is -3.06. The molecule has 0 spiro atoms. The second-order valence-electron chi connectivity index (χ2n) is 6.74. The van der Waals surface area contributed by atoms with E-state index in [1.165, 1.54) is 0 Å². The average molecular weight is 407 g/mol. The summed E-state index contributed by atoms with van der Waals surface area (Å²) in [4.78, 5) is 32.0. The van der Waals surface area contributed by atoms with Crippen LogP contribution in [0.5, 0.6) is 0 Å². The maximum absolute atomic E-state index is 12.7. The summed E-state index contributed by atoms with van der Waals surface area (Å²) < 4.78 is 1.91. The molecule has 2 aromatic carbocycles. The molecule has 4 rings (SSSR count). The second kappa shape index (κ2) is 8.96. The summed E-state index contributed by atoms with van der Waals surface area (Å²) in [7, 11) is 0. The Morgan fingerprint density at radius 2 is 1.83 bits per heavy atom. The largest absolute Gasteiger partial charge is 0.352 e. The van der Waals surface area contributed by atoms with E-state index in [0.29, 0.717) is 13.1 Å². The van der Waals surface area contributed by atoms with E-state index in [-0.39, 0.29) is 24.7 Å². The molecule has 2 amide bonds. The highest BCUT2D eigenvalue weighted by molar-refractivity contribution is 7.99. The van der Waals surface area contributed by atoms with Gasteiger partial charge >= 0.3 is 0 Å². The van der Waals surface area contributed by atoms with Gasteiger partial charge in [-0.15, -0.1) is 11.8 Å². The van der Waals surface area contributed by atoms with Gasteiger partial charge in [-0.3, -0.25) is 9.59 Å². The predicted octanol–water partition coefficient (Wildman–Crippen LogP) is 3.41. The van der Waals surface area contributed by atoms with Crippen molar-refractivity contribution in [3.63, 3.8) is 0 Å². The Morgan fingerprint density at radius 1 is 1.03 bits per heavy atom. The number of amides is 2. The maximum atomic E-state index is 12.7. The Balaban J connectivity index is 1.32. The van der Waals surface area contributed by atoms with Crippen LogP contribution >= 0.6 is 11.8 Å². The number of rotatable bonds is 6. The first kappa shape index (κ1) is 19.3. The molecular weight excluding hydrogens is 384 g/mol. The molecule has 1 aliphatic heterocycles. The van der Waals surface area contributed by atoms with Crippen LogP contribution in [0.3, 0.4) is 0 Å². The number of anilines is 1. The summed E-state index contributed by atoms with van der Waals surface area (Å²) in [6, 6.07) is 15.8. The van der Waals surface area contributed by atoms with Crippen LogP contribution in [0.15, 0.2) is 72.1 Å². The third-order valence-corrected chi connectivity index (χ3v) is 5.89. The van der Waals surface area contributed by atoms with E-state index in [1.807, 2.05) is 59.3 Å². The first-order valence-corrected chi connectivity index (χ1v) is 10.6. The number of nitrogens with zero attached hydrogens (tertiary/aromatic N) is 3. The number of hydrogen-bond acceptors (Lipinski definition) is 4. The normalized spacial score (nSPS) is 13.0. The van der Waals surface area contributed by atoms with E-state index in [1.54, 1.807) is 29.2 Å². The summed E-state index contributed by atoms with van der Waals surface area (Å²) in [5.74, 6) is 0.741. The molecule has 0 aliphatic carbocycles. The first-order chi connectivity index (χ1) is 14.2. The van der Waals surface area contributed by atoms with E-state index < -0.39 is 0 Å². The molecule has 3 aromatic rings. The smallest absolute Gasteiger partial charge is 0.227 e. The van der Waals surface area contributed by atoms with Gasteiger partial charge in [0, 0.05) is 49.0 Å². The average Bonchev–Trinajstić information content (AvgIpc) is 3.30. The maximum Gasteiger partial charge on any atom is 0.227 e. The molecule has 7 heteroatoms. The minimum Gasteiger partial charge on any atom is -0.352 e. The zero-order valence-electron chi connectivity index (χ0n) is 16.0. The van der Waals surface area contributed by atoms with Gasteiger partial charge in [0.05, 0.1) is 17.7 Å². The molecule has 1 aromatic heterocycles. The minimum absolute atomic E-state index is 0.00767. The molecule has 0 atom stereocenters. The molecule has 1 N–H and O–H groups in total.